The summed E-state index contributed by atoms with van der Waals surface area (Å²) in [4.78, 5) is 37.3. The molecule has 2 N–H and O–H groups in total. The molecule has 0 radical (unpaired) electrons. The van der Waals surface area contributed by atoms with E-state index in [1.54, 1.807) is 18.5 Å². The maximum absolute atomic E-state index is 12.8. The highest BCUT2D eigenvalue weighted by Crippen LogP contribution is 2.25. The second kappa shape index (κ2) is 13.7. The maximum atomic E-state index is 12.8. The average Bonchev–Trinajstić information content (AvgIpc) is 3.53. The van der Waals surface area contributed by atoms with Crippen molar-refractivity contribution in [2.24, 2.45) is 5.92 Å². The van der Waals surface area contributed by atoms with Gasteiger partial charge >= 0.3 is 0 Å². The number of pyridine rings is 1. The first kappa shape index (κ1) is 28.8. The smallest absolute Gasteiger partial charge is 0.251 e. The van der Waals surface area contributed by atoms with Crippen LogP contribution >= 0.6 is 0 Å². The Labute approximate surface area is 240 Å². The van der Waals surface area contributed by atoms with E-state index >= 15 is 0 Å². The molecule has 3 aromatic rings. The molecule has 218 valence electrons. The SMILES string of the molecule is CCC(=O)N1CCC(Cc2cc(C(=O)NC[C@H](O)CN3CCc4cc(OCc5cnco5)ccc4C3)ccn2)CC1. The van der Waals surface area contributed by atoms with Gasteiger partial charge in [0.25, 0.3) is 5.91 Å². The number of aromatic nitrogens is 2. The summed E-state index contributed by atoms with van der Waals surface area (Å²) in [5, 5.41) is 13.5. The van der Waals surface area contributed by atoms with Gasteiger partial charge in [0, 0.05) is 63.1 Å². The lowest BCUT2D eigenvalue weighted by Gasteiger charge is -2.31. The quantitative estimate of drug-likeness (QED) is 0.367. The number of nitrogens with one attached hydrogen (secondary N) is 1. The van der Waals surface area contributed by atoms with E-state index in [1.807, 2.05) is 24.0 Å². The van der Waals surface area contributed by atoms with Crippen molar-refractivity contribution in [1.82, 2.24) is 25.1 Å². The molecule has 2 aromatic heterocycles. The molecule has 0 unspecified atom stereocenters. The van der Waals surface area contributed by atoms with E-state index in [4.69, 9.17) is 9.15 Å². The summed E-state index contributed by atoms with van der Waals surface area (Å²) in [6, 6.07) is 9.64. The van der Waals surface area contributed by atoms with Crippen molar-refractivity contribution in [2.75, 3.05) is 32.7 Å². The zero-order chi connectivity index (χ0) is 28.6. The van der Waals surface area contributed by atoms with E-state index in [1.165, 1.54) is 17.5 Å². The number of fused-ring (bicyclic) bond motifs is 1. The molecule has 1 atom stereocenters. The number of hydrogen-bond donors (Lipinski definition) is 2. The summed E-state index contributed by atoms with van der Waals surface area (Å²) in [6.45, 7) is 6.03. The van der Waals surface area contributed by atoms with E-state index in [9.17, 15) is 14.7 Å². The van der Waals surface area contributed by atoms with Crippen molar-refractivity contribution in [3.05, 3.63) is 77.3 Å². The zero-order valence-corrected chi connectivity index (χ0v) is 23.6. The number of aliphatic hydroxyl groups excluding tert-OH is 1. The minimum Gasteiger partial charge on any atom is -0.486 e. The molecular weight excluding hydrogens is 522 g/mol. The first-order chi connectivity index (χ1) is 20.0. The Morgan fingerprint density at radius 1 is 1.17 bits per heavy atom. The highest BCUT2D eigenvalue weighted by atomic mass is 16.5. The lowest BCUT2D eigenvalue weighted by atomic mass is 9.91. The van der Waals surface area contributed by atoms with Gasteiger partial charge in [-0.05, 0) is 67.0 Å². The van der Waals surface area contributed by atoms with Gasteiger partial charge in [-0.2, -0.15) is 0 Å². The third kappa shape index (κ3) is 7.92. The lowest BCUT2D eigenvalue weighted by molar-refractivity contribution is -0.132. The number of piperidine rings is 1. The van der Waals surface area contributed by atoms with Crippen molar-refractivity contribution in [3.8, 4) is 5.75 Å². The summed E-state index contributed by atoms with van der Waals surface area (Å²) >= 11 is 0. The van der Waals surface area contributed by atoms with Gasteiger partial charge in [0.1, 0.15) is 12.4 Å². The lowest BCUT2D eigenvalue weighted by Crippen LogP contribution is -2.42. The molecule has 1 saturated heterocycles. The molecule has 0 saturated carbocycles. The number of aliphatic hydroxyl groups is 1. The van der Waals surface area contributed by atoms with Crippen molar-refractivity contribution in [2.45, 2.75) is 58.3 Å². The predicted octanol–water partition coefficient (Wildman–Crippen LogP) is 2.99. The number of β-amino-alcohol motifs (C(OH)–C–C–N with tert-alkyl or cyclic N) is 1. The molecular formula is C31H39N5O5. The summed E-state index contributed by atoms with van der Waals surface area (Å²) < 4.78 is 11.0. The fraction of sp³-hybridized carbons (Fsp3) is 0.484. The molecule has 10 nitrogen and oxygen atoms in total. The van der Waals surface area contributed by atoms with Gasteiger partial charge in [0.15, 0.2) is 12.2 Å². The Morgan fingerprint density at radius 3 is 2.80 bits per heavy atom. The maximum Gasteiger partial charge on any atom is 0.251 e. The molecule has 2 aliphatic rings. The summed E-state index contributed by atoms with van der Waals surface area (Å²) in [5.74, 6) is 1.93. The number of rotatable bonds is 11. The van der Waals surface area contributed by atoms with Crippen molar-refractivity contribution < 1.29 is 23.8 Å². The van der Waals surface area contributed by atoms with Crippen LogP contribution in [-0.2, 0) is 30.8 Å². The van der Waals surface area contributed by atoms with Crippen molar-refractivity contribution in [1.29, 1.82) is 0 Å². The molecule has 1 fully saturated rings. The number of oxazole rings is 1. The molecule has 0 bridgehead atoms. The summed E-state index contributed by atoms with van der Waals surface area (Å²) in [5.41, 5.74) is 3.89. The summed E-state index contributed by atoms with van der Waals surface area (Å²) in [6.07, 6.45) is 8.14. The van der Waals surface area contributed by atoms with Crippen LogP contribution < -0.4 is 10.1 Å². The van der Waals surface area contributed by atoms with Crippen LogP contribution in [0.4, 0.5) is 0 Å². The van der Waals surface area contributed by atoms with Gasteiger partial charge in [-0.3, -0.25) is 19.5 Å². The zero-order valence-electron chi connectivity index (χ0n) is 23.6. The molecule has 4 heterocycles. The Kier molecular flexibility index (Phi) is 9.63. The average molecular weight is 562 g/mol. The minimum absolute atomic E-state index is 0.179. The van der Waals surface area contributed by atoms with Gasteiger partial charge in [0.2, 0.25) is 5.91 Å². The number of hydrogen-bond acceptors (Lipinski definition) is 8. The Hall–Kier alpha value is -3.76. The van der Waals surface area contributed by atoms with Crippen LogP contribution in [0.2, 0.25) is 0 Å². The van der Waals surface area contributed by atoms with E-state index in [0.717, 1.165) is 63.3 Å². The van der Waals surface area contributed by atoms with Crippen LogP contribution in [-0.4, -0.2) is 75.5 Å². The van der Waals surface area contributed by atoms with Crippen LogP contribution in [0.5, 0.6) is 5.75 Å². The highest BCUT2D eigenvalue weighted by Gasteiger charge is 2.23. The van der Waals surface area contributed by atoms with Gasteiger partial charge in [-0.15, -0.1) is 0 Å². The van der Waals surface area contributed by atoms with E-state index < -0.39 is 6.10 Å². The fourth-order valence-corrected chi connectivity index (χ4v) is 5.61. The summed E-state index contributed by atoms with van der Waals surface area (Å²) in [7, 11) is 0. The van der Waals surface area contributed by atoms with Crippen molar-refractivity contribution in [3.63, 3.8) is 0 Å². The Morgan fingerprint density at radius 2 is 2.02 bits per heavy atom. The number of amides is 2. The van der Waals surface area contributed by atoms with Crippen LogP contribution in [0, 0.1) is 5.92 Å². The Balaban J connectivity index is 1.05. The number of benzene rings is 1. The number of carbonyl (C=O) groups excluding carboxylic acids is 2. The van der Waals surface area contributed by atoms with Gasteiger partial charge in [0.05, 0.1) is 12.3 Å². The van der Waals surface area contributed by atoms with Crippen LogP contribution in [0.25, 0.3) is 0 Å². The number of likely N-dealkylation sites (tertiary alicyclic amines) is 1. The standard InChI is InChI=1S/C31H39N5O5/c1-2-30(38)36-11-6-22(7-12-36)13-26-14-24(5-9-33-26)31(39)34-16-27(37)19-35-10-8-23-15-28(4-3-25(23)18-35)40-20-29-17-32-21-41-29/h3-5,9,14-15,17,21-22,27,37H,2,6-8,10-13,16,18-20H2,1H3,(H,34,39)/t27-/m0/s1. The molecule has 10 heteroatoms. The molecule has 2 amide bonds. The van der Waals surface area contributed by atoms with E-state index in [0.29, 0.717) is 36.8 Å². The third-order valence-corrected chi connectivity index (χ3v) is 7.95. The largest absolute Gasteiger partial charge is 0.486 e. The second-order valence-corrected chi connectivity index (χ2v) is 11.0. The van der Waals surface area contributed by atoms with Gasteiger partial charge < -0.3 is 24.5 Å². The van der Waals surface area contributed by atoms with E-state index in [2.05, 4.69) is 32.3 Å². The molecule has 0 spiro atoms. The molecule has 1 aromatic carbocycles. The molecule has 5 rings (SSSR count). The van der Waals surface area contributed by atoms with E-state index in [-0.39, 0.29) is 18.4 Å². The fourth-order valence-electron chi connectivity index (χ4n) is 5.61. The van der Waals surface area contributed by atoms with Gasteiger partial charge in [-0.1, -0.05) is 13.0 Å². The molecule has 0 aliphatic carbocycles. The first-order valence-electron chi connectivity index (χ1n) is 14.5. The number of ether oxygens (including phenoxy) is 1. The third-order valence-electron chi connectivity index (χ3n) is 7.95. The monoisotopic (exact) mass is 561 g/mol. The highest BCUT2D eigenvalue weighted by molar-refractivity contribution is 5.94. The molecule has 41 heavy (non-hydrogen) atoms. The Bertz CT molecular complexity index is 1310. The van der Waals surface area contributed by atoms with Crippen LogP contribution in [0.1, 0.15) is 59.1 Å². The number of carbonyl (C=O) groups is 2. The second-order valence-electron chi connectivity index (χ2n) is 11.0. The first-order valence-corrected chi connectivity index (χ1v) is 14.5. The molecule has 2 aliphatic heterocycles. The van der Waals surface area contributed by atoms with Gasteiger partial charge in [-0.25, -0.2) is 4.98 Å². The number of nitrogens with zero attached hydrogens (tertiary/aromatic N) is 4. The van der Waals surface area contributed by atoms with Crippen molar-refractivity contribution >= 4 is 11.8 Å². The van der Waals surface area contributed by atoms with Crippen LogP contribution in [0.15, 0.2) is 53.5 Å². The topological polar surface area (TPSA) is 121 Å². The predicted molar refractivity (Wildman–Crippen MR) is 152 cm³/mol. The van der Waals surface area contributed by atoms with Crippen LogP contribution in [0.3, 0.4) is 0 Å². The minimum atomic E-state index is -0.678. The normalized spacial score (nSPS) is 16.7.